The summed E-state index contributed by atoms with van der Waals surface area (Å²) >= 11 is 0. The quantitative estimate of drug-likeness (QED) is 0.353. The molecule has 216 valence electrons. The third-order valence-corrected chi connectivity index (χ3v) is 8.19. The summed E-state index contributed by atoms with van der Waals surface area (Å²) in [6, 6.07) is 18.5. The van der Waals surface area contributed by atoms with Crippen molar-refractivity contribution in [2.24, 2.45) is 0 Å². The largest absolute Gasteiger partial charge is 0.482 e. The first-order valence-corrected chi connectivity index (χ1v) is 13.8. The molecule has 6 nitrogen and oxygen atoms in total. The summed E-state index contributed by atoms with van der Waals surface area (Å²) in [4.78, 5) is 31.6. The maximum absolute atomic E-state index is 13.4. The van der Waals surface area contributed by atoms with Gasteiger partial charge < -0.3 is 19.4 Å². The van der Waals surface area contributed by atoms with Gasteiger partial charge in [0.15, 0.2) is 6.61 Å². The fourth-order valence-electron chi connectivity index (χ4n) is 5.22. The van der Waals surface area contributed by atoms with Gasteiger partial charge in [-0.25, -0.2) is 0 Å². The van der Waals surface area contributed by atoms with Gasteiger partial charge in [-0.15, -0.1) is 0 Å². The number of ether oxygens (including phenoxy) is 1. The van der Waals surface area contributed by atoms with Gasteiger partial charge in [-0.3, -0.25) is 9.59 Å². The van der Waals surface area contributed by atoms with Gasteiger partial charge in [-0.2, -0.15) is 13.2 Å². The number of anilines is 2. The van der Waals surface area contributed by atoms with E-state index < -0.39 is 11.7 Å². The van der Waals surface area contributed by atoms with Gasteiger partial charge in [-0.05, 0) is 65.4 Å². The topological polar surface area (TPSA) is 53.1 Å². The number of halogens is 3. The fourth-order valence-corrected chi connectivity index (χ4v) is 5.22. The molecule has 0 aliphatic carbocycles. The van der Waals surface area contributed by atoms with E-state index in [2.05, 4.69) is 20.8 Å². The smallest absolute Gasteiger partial charge is 0.416 e. The Morgan fingerprint density at radius 2 is 1.63 bits per heavy atom. The highest BCUT2D eigenvalue weighted by Gasteiger charge is 2.32. The number of amides is 2. The highest BCUT2D eigenvalue weighted by Crippen LogP contribution is 2.38. The first-order valence-electron chi connectivity index (χ1n) is 13.8. The van der Waals surface area contributed by atoms with E-state index in [-0.39, 0.29) is 23.8 Å². The molecule has 0 saturated carbocycles. The second kappa shape index (κ2) is 11.1. The monoisotopic (exact) mass is 565 g/mol. The Balaban J connectivity index is 1.29. The van der Waals surface area contributed by atoms with Gasteiger partial charge in [0.1, 0.15) is 5.75 Å². The molecule has 0 atom stereocenters. The highest BCUT2D eigenvalue weighted by molar-refractivity contribution is 5.98. The van der Waals surface area contributed by atoms with E-state index in [9.17, 15) is 22.8 Å². The second-order valence-corrected chi connectivity index (χ2v) is 11.2. The zero-order valence-corrected chi connectivity index (χ0v) is 23.5. The molecule has 2 heterocycles. The first kappa shape index (κ1) is 28.5. The van der Waals surface area contributed by atoms with Crippen molar-refractivity contribution < 1.29 is 27.5 Å². The number of hydrogen-bond donors (Lipinski definition) is 0. The summed E-state index contributed by atoms with van der Waals surface area (Å²) in [7, 11) is 0. The molecule has 0 radical (unpaired) electrons. The van der Waals surface area contributed by atoms with Crippen LogP contribution < -0.4 is 14.5 Å². The third kappa shape index (κ3) is 6.04. The Morgan fingerprint density at radius 1 is 0.902 bits per heavy atom. The molecule has 0 spiro atoms. The molecule has 3 aromatic rings. The second-order valence-electron chi connectivity index (χ2n) is 11.2. The number of nitrogens with zero attached hydrogens (tertiary/aromatic N) is 3. The molecular weight excluding hydrogens is 531 g/mol. The van der Waals surface area contributed by atoms with E-state index in [1.807, 2.05) is 41.3 Å². The van der Waals surface area contributed by atoms with Crippen molar-refractivity contribution in [2.45, 2.75) is 45.3 Å². The molecule has 9 heteroatoms. The molecular formula is C32H34F3N3O3. The SMILES string of the molecule is CCC(C)(C)c1ccc2c(c1)N(Cc1cccc(C(=O)N3CCN(c4cccc(C(F)(F)F)c4)CC3)c1)C(=O)CO2. The molecule has 1 saturated heterocycles. The van der Waals surface area contributed by atoms with Crippen molar-refractivity contribution in [1.82, 2.24) is 4.90 Å². The summed E-state index contributed by atoms with van der Waals surface area (Å²) in [6.45, 7) is 8.37. The highest BCUT2D eigenvalue weighted by atomic mass is 19.4. The molecule has 41 heavy (non-hydrogen) atoms. The van der Waals surface area contributed by atoms with E-state index in [1.165, 1.54) is 6.07 Å². The standard InChI is InChI=1S/C32H34F3N3O3/c1-4-31(2,3)24-11-12-28-27(19-24)38(29(39)21-41-28)20-22-7-5-8-23(17-22)30(40)37-15-13-36(14-16-37)26-10-6-9-25(18-26)32(33,34)35/h5-12,17-19H,4,13-16,20-21H2,1-3H3. The minimum atomic E-state index is -4.40. The Kier molecular flexibility index (Phi) is 7.72. The number of carbonyl (C=O) groups excluding carboxylic acids is 2. The molecule has 0 unspecified atom stereocenters. The number of benzene rings is 3. The fraction of sp³-hybridized carbons (Fsp3) is 0.375. The molecule has 3 aromatic carbocycles. The van der Waals surface area contributed by atoms with Crippen LogP contribution in [0, 0.1) is 0 Å². The average Bonchev–Trinajstić information content (AvgIpc) is 2.98. The first-order chi connectivity index (χ1) is 19.5. The number of rotatable bonds is 6. The number of hydrogen-bond acceptors (Lipinski definition) is 4. The number of fused-ring (bicyclic) bond motifs is 1. The van der Waals surface area contributed by atoms with Gasteiger partial charge in [0.2, 0.25) is 0 Å². The predicted molar refractivity (Wildman–Crippen MR) is 152 cm³/mol. The molecule has 2 amide bonds. The van der Waals surface area contributed by atoms with Crippen LogP contribution in [0.3, 0.4) is 0 Å². The number of carbonyl (C=O) groups is 2. The Bertz CT molecular complexity index is 1450. The maximum atomic E-state index is 13.4. The summed E-state index contributed by atoms with van der Waals surface area (Å²) in [5.41, 5.74) is 2.93. The lowest BCUT2D eigenvalue weighted by molar-refractivity contribution is -0.137. The van der Waals surface area contributed by atoms with Crippen LogP contribution in [0.5, 0.6) is 5.75 Å². The van der Waals surface area contributed by atoms with Gasteiger partial charge in [0.05, 0.1) is 17.8 Å². The van der Waals surface area contributed by atoms with Crippen LogP contribution in [0.15, 0.2) is 66.7 Å². The lowest BCUT2D eigenvalue weighted by Gasteiger charge is -2.36. The van der Waals surface area contributed by atoms with E-state index in [0.717, 1.165) is 35.4 Å². The summed E-state index contributed by atoms with van der Waals surface area (Å²) < 4.78 is 45.1. The van der Waals surface area contributed by atoms with Crippen molar-refractivity contribution in [3.05, 3.63) is 89.0 Å². The van der Waals surface area contributed by atoms with E-state index in [4.69, 9.17) is 4.74 Å². The van der Waals surface area contributed by atoms with Crippen molar-refractivity contribution in [3.8, 4) is 5.75 Å². The summed E-state index contributed by atoms with van der Waals surface area (Å²) in [6.07, 6.45) is -3.46. The van der Waals surface area contributed by atoms with Crippen LogP contribution in [0.4, 0.5) is 24.5 Å². The van der Waals surface area contributed by atoms with Crippen LogP contribution in [-0.4, -0.2) is 49.5 Å². The Morgan fingerprint density at radius 3 is 2.34 bits per heavy atom. The van der Waals surface area contributed by atoms with Crippen molar-refractivity contribution in [2.75, 3.05) is 42.6 Å². The zero-order chi connectivity index (χ0) is 29.4. The Labute approximate surface area is 238 Å². The van der Waals surface area contributed by atoms with Crippen LogP contribution >= 0.6 is 0 Å². The predicted octanol–water partition coefficient (Wildman–Crippen LogP) is 6.28. The van der Waals surface area contributed by atoms with Crippen LogP contribution in [0.25, 0.3) is 0 Å². The van der Waals surface area contributed by atoms with Crippen molar-refractivity contribution in [1.29, 1.82) is 0 Å². The van der Waals surface area contributed by atoms with E-state index >= 15 is 0 Å². The van der Waals surface area contributed by atoms with Gasteiger partial charge in [0.25, 0.3) is 11.8 Å². The lowest BCUT2D eigenvalue weighted by atomic mass is 9.82. The van der Waals surface area contributed by atoms with Crippen LogP contribution in [0.2, 0.25) is 0 Å². The van der Waals surface area contributed by atoms with Crippen molar-refractivity contribution in [3.63, 3.8) is 0 Å². The van der Waals surface area contributed by atoms with E-state index in [1.54, 1.807) is 21.9 Å². The van der Waals surface area contributed by atoms with Gasteiger partial charge in [0, 0.05) is 37.4 Å². The van der Waals surface area contributed by atoms with Crippen molar-refractivity contribution >= 4 is 23.2 Å². The molecule has 2 aliphatic heterocycles. The third-order valence-electron chi connectivity index (χ3n) is 8.19. The summed E-state index contributed by atoms with van der Waals surface area (Å²) in [5.74, 6) is 0.369. The Hall–Kier alpha value is -4.01. The molecule has 0 bridgehead atoms. The van der Waals surface area contributed by atoms with Crippen LogP contribution in [-0.2, 0) is 22.9 Å². The molecule has 5 rings (SSSR count). The minimum absolute atomic E-state index is 0.0434. The number of alkyl halides is 3. The summed E-state index contributed by atoms with van der Waals surface area (Å²) in [5, 5.41) is 0. The molecule has 1 fully saturated rings. The minimum Gasteiger partial charge on any atom is -0.482 e. The van der Waals surface area contributed by atoms with Gasteiger partial charge >= 0.3 is 6.18 Å². The average molecular weight is 566 g/mol. The van der Waals surface area contributed by atoms with Crippen LogP contribution in [0.1, 0.15) is 54.2 Å². The molecule has 2 aliphatic rings. The van der Waals surface area contributed by atoms with E-state index in [0.29, 0.717) is 49.7 Å². The maximum Gasteiger partial charge on any atom is 0.416 e. The normalized spacial score (nSPS) is 16.0. The molecule has 0 aromatic heterocycles. The number of piperazine rings is 1. The zero-order valence-electron chi connectivity index (χ0n) is 23.5. The van der Waals surface area contributed by atoms with Gasteiger partial charge in [-0.1, -0.05) is 45.0 Å². The lowest BCUT2D eigenvalue weighted by Crippen LogP contribution is -2.48. The molecule has 0 N–H and O–H groups in total.